The second-order valence-corrected chi connectivity index (χ2v) is 8.53. The van der Waals surface area contributed by atoms with Crippen molar-refractivity contribution in [2.75, 3.05) is 38.5 Å². The monoisotopic (exact) mass is 297 g/mol. The maximum absolute atomic E-state index is 12.4. The third kappa shape index (κ3) is 2.07. The van der Waals surface area contributed by atoms with E-state index in [1.807, 2.05) is 0 Å². The Morgan fingerprint density at radius 2 is 2.15 bits per heavy atom. The van der Waals surface area contributed by atoms with Crippen molar-refractivity contribution in [1.82, 2.24) is 9.58 Å². The van der Waals surface area contributed by atoms with Crippen LogP contribution in [0.2, 0.25) is 0 Å². The van der Waals surface area contributed by atoms with Crippen molar-refractivity contribution in [3.05, 3.63) is 28.2 Å². The fraction of sp³-hybridized carbons (Fsp3) is 0.500. The number of pyridine rings is 1. The summed E-state index contributed by atoms with van der Waals surface area (Å²) >= 11 is 0. The molecular weight excluding hydrogens is 281 g/mol. The van der Waals surface area contributed by atoms with Gasteiger partial charge in [-0.05, 0) is 13.3 Å². The lowest BCUT2D eigenvalue weighted by molar-refractivity contribution is -0.00280. The summed E-state index contributed by atoms with van der Waals surface area (Å²) in [5, 5.41) is 0.242. The molecule has 1 atom stereocenters. The summed E-state index contributed by atoms with van der Waals surface area (Å²) in [6, 6.07) is 1.26. The molecule has 1 N–H and O–H groups in total. The van der Waals surface area contributed by atoms with E-state index in [9.17, 15) is 14.2 Å². The van der Waals surface area contributed by atoms with E-state index < -0.39 is 7.14 Å². The lowest BCUT2D eigenvalue weighted by atomic mass is 10.2. The number of aromatic nitrogens is 1. The number of morpholine rings is 1. The van der Waals surface area contributed by atoms with Gasteiger partial charge in [0.25, 0.3) is 5.91 Å². The van der Waals surface area contributed by atoms with Crippen LogP contribution >= 0.6 is 7.14 Å². The first-order chi connectivity index (χ1) is 9.38. The quantitative estimate of drug-likeness (QED) is 0.704. The molecule has 1 saturated heterocycles. The Morgan fingerprint density at radius 3 is 2.85 bits per heavy atom. The van der Waals surface area contributed by atoms with Gasteiger partial charge in [-0.25, -0.2) is 0 Å². The lowest BCUT2D eigenvalue weighted by Crippen LogP contribution is -2.59. The molecule has 8 heteroatoms. The Bertz CT molecular complexity index is 678. The maximum Gasteiger partial charge on any atom is 0.274 e. The second kappa shape index (κ2) is 4.46. The van der Waals surface area contributed by atoms with Gasteiger partial charge in [0.1, 0.15) is 19.0 Å². The van der Waals surface area contributed by atoms with Gasteiger partial charge >= 0.3 is 0 Å². The van der Waals surface area contributed by atoms with E-state index in [1.165, 1.54) is 30.3 Å². The molecule has 1 aromatic rings. The standard InChI is InChI=1S/C12H16N3O4P/c1-20(2,18)10-6-15-8(5-9(10)16)12(17)14-3-4-19-7-11(14)13-15/h5-6,11,13H,3-4,7H2,1-2H3. The number of amides is 1. The van der Waals surface area contributed by atoms with Gasteiger partial charge in [0.05, 0.1) is 18.5 Å². The largest absolute Gasteiger partial charge is 0.375 e. The predicted octanol–water partition coefficient (Wildman–Crippen LogP) is -0.548. The number of carbonyl (C=O) groups excluding carboxylic acids is 1. The highest BCUT2D eigenvalue weighted by Gasteiger charge is 2.35. The fourth-order valence-electron chi connectivity index (χ4n) is 2.46. The van der Waals surface area contributed by atoms with E-state index in [1.54, 1.807) is 4.90 Å². The van der Waals surface area contributed by atoms with Crippen LogP contribution in [0.3, 0.4) is 0 Å². The molecule has 1 unspecified atom stereocenters. The van der Waals surface area contributed by atoms with Crippen LogP contribution in [0, 0.1) is 0 Å². The Morgan fingerprint density at radius 1 is 1.40 bits per heavy atom. The van der Waals surface area contributed by atoms with E-state index in [2.05, 4.69) is 5.43 Å². The highest BCUT2D eigenvalue weighted by Crippen LogP contribution is 2.33. The van der Waals surface area contributed by atoms with Crippen LogP contribution in [0.1, 0.15) is 10.5 Å². The Hall–Kier alpha value is -1.59. The number of nitrogens with one attached hydrogen (secondary N) is 1. The maximum atomic E-state index is 12.4. The zero-order valence-corrected chi connectivity index (χ0v) is 12.2. The number of rotatable bonds is 1. The van der Waals surface area contributed by atoms with Crippen molar-refractivity contribution in [1.29, 1.82) is 0 Å². The molecule has 20 heavy (non-hydrogen) atoms. The normalized spacial score (nSPS) is 22.0. The molecule has 3 heterocycles. The number of hydrogen-bond acceptors (Lipinski definition) is 5. The van der Waals surface area contributed by atoms with Crippen LogP contribution in [0.25, 0.3) is 0 Å². The average molecular weight is 297 g/mol. The molecule has 0 bridgehead atoms. The molecule has 0 aliphatic carbocycles. The van der Waals surface area contributed by atoms with E-state index >= 15 is 0 Å². The third-order valence-electron chi connectivity index (χ3n) is 3.51. The molecule has 0 spiro atoms. The minimum Gasteiger partial charge on any atom is -0.375 e. The van der Waals surface area contributed by atoms with Crippen LogP contribution in [0.15, 0.2) is 17.1 Å². The molecule has 3 rings (SSSR count). The Kier molecular flexibility index (Phi) is 2.99. The first-order valence-electron chi connectivity index (χ1n) is 6.35. The SMILES string of the molecule is CP(C)(=O)c1cn2c(cc1=O)C(=O)N1CCOCC1N2. The van der Waals surface area contributed by atoms with E-state index in [0.717, 1.165) is 0 Å². The van der Waals surface area contributed by atoms with Crippen molar-refractivity contribution < 1.29 is 14.1 Å². The van der Waals surface area contributed by atoms with Crippen LogP contribution in [-0.4, -0.2) is 54.7 Å². The van der Waals surface area contributed by atoms with Gasteiger partial charge in [0.15, 0.2) is 5.43 Å². The van der Waals surface area contributed by atoms with Gasteiger partial charge in [-0.3, -0.25) is 14.3 Å². The minimum absolute atomic E-state index is 0.206. The Labute approximate surface area is 115 Å². The fourth-order valence-corrected chi connectivity index (χ4v) is 3.45. The highest BCUT2D eigenvalue weighted by molar-refractivity contribution is 7.70. The van der Waals surface area contributed by atoms with Gasteiger partial charge in [0, 0.05) is 18.8 Å². The second-order valence-electron chi connectivity index (χ2n) is 5.35. The number of ether oxygens (including phenoxy) is 1. The molecule has 0 aromatic carbocycles. The summed E-state index contributed by atoms with van der Waals surface area (Å²) in [6.45, 7) is 4.45. The van der Waals surface area contributed by atoms with Gasteiger partial charge in [-0.2, -0.15) is 0 Å². The lowest BCUT2D eigenvalue weighted by Gasteiger charge is -2.41. The Balaban J connectivity index is 2.11. The van der Waals surface area contributed by atoms with Gasteiger partial charge in [-0.15, -0.1) is 0 Å². The van der Waals surface area contributed by atoms with Crippen molar-refractivity contribution in [2.24, 2.45) is 0 Å². The van der Waals surface area contributed by atoms with Gasteiger partial charge in [-0.1, -0.05) is 0 Å². The third-order valence-corrected chi connectivity index (χ3v) is 5.00. The summed E-state index contributed by atoms with van der Waals surface area (Å²) in [7, 11) is -2.69. The number of fused-ring (bicyclic) bond motifs is 2. The summed E-state index contributed by atoms with van der Waals surface area (Å²) in [5.74, 6) is -0.206. The molecule has 7 nitrogen and oxygen atoms in total. The molecule has 1 aromatic heterocycles. The first kappa shape index (κ1) is 13.4. The zero-order chi connectivity index (χ0) is 14.5. The van der Waals surface area contributed by atoms with Gasteiger partial charge < -0.3 is 19.6 Å². The molecule has 0 radical (unpaired) electrons. The number of nitrogens with zero attached hydrogens (tertiary/aromatic N) is 2. The molecule has 2 aliphatic heterocycles. The topological polar surface area (TPSA) is 80.6 Å². The molecular formula is C12H16N3O4P. The van der Waals surface area contributed by atoms with E-state index in [0.29, 0.717) is 19.8 Å². The zero-order valence-electron chi connectivity index (χ0n) is 11.3. The predicted molar refractivity (Wildman–Crippen MR) is 74.8 cm³/mol. The molecule has 108 valence electrons. The van der Waals surface area contributed by atoms with Crippen LogP contribution < -0.4 is 16.2 Å². The number of hydrogen-bond donors (Lipinski definition) is 1. The molecule has 2 aliphatic rings. The van der Waals surface area contributed by atoms with E-state index in [4.69, 9.17) is 4.74 Å². The van der Waals surface area contributed by atoms with Crippen molar-refractivity contribution in [2.45, 2.75) is 6.17 Å². The first-order valence-corrected chi connectivity index (χ1v) is 8.95. The van der Waals surface area contributed by atoms with Crippen LogP contribution in [-0.2, 0) is 9.30 Å². The van der Waals surface area contributed by atoms with Crippen LogP contribution in [0.5, 0.6) is 0 Å². The number of carbonyl (C=O) groups is 1. The summed E-state index contributed by atoms with van der Waals surface area (Å²) < 4.78 is 19.0. The molecule has 0 saturated carbocycles. The van der Waals surface area contributed by atoms with Crippen molar-refractivity contribution in [3.8, 4) is 0 Å². The minimum atomic E-state index is -2.69. The smallest absolute Gasteiger partial charge is 0.274 e. The van der Waals surface area contributed by atoms with Crippen LogP contribution in [0.4, 0.5) is 0 Å². The summed E-state index contributed by atoms with van der Waals surface area (Å²) in [6.07, 6.45) is 1.22. The van der Waals surface area contributed by atoms with Gasteiger partial charge in [0.2, 0.25) is 0 Å². The highest BCUT2D eigenvalue weighted by atomic mass is 31.2. The summed E-state index contributed by atoms with van der Waals surface area (Å²) in [5.41, 5.74) is 3.02. The van der Waals surface area contributed by atoms with E-state index in [-0.39, 0.29) is 28.5 Å². The summed E-state index contributed by atoms with van der Waals surface area (Å²) in [4.78, 5) is 26.0. The molecule has 1 fully saturated rings. The van der Waals surface area contributed by atoms with Crippen molar-refractivity contribution in [3.63, 3.8) is 0 Å². The molecule has 1 amide bonds. The van der Waals surface area contributed by atoms with Crippen molar-refractivity contribution >= 4 is 18.4 Å². The average Bonchev–Trinajstić information content (AvgIpc) is 2.38.